The van der Waals surface area contributed by atoms with Gasteiger partial charge in [0.25, 0.3) is 0 Å². The Labute approximate surface area is 109 Å². The molecule has 0 atom stereocenters. The molecule has 1 amide bonds. The van der Waals surface area contributed by atoms with E-state index in [1.807, 2.05) is 18.5 Å². The lowest BCUT2D eigenvalue weighted by Crippen LogP contribution is -2.37. The van der Waals surface area contributed by atoms with Crippen molar-refractivity contribution in [3.05, 3.63) is 17.5 Å². The summed E-state index contributed by atoms with van der Waals surface area (Å²) in [5, 5.41) is 10.5. The topological polar surface area (TPSA) is 59.0 Å². The van der Waals surface area contributed by atoms with Gasteiger partial charge in [-0.1, -0.05) is 6.92 Å². The zero-order valence-corrected chi connectivity index (χ0v) is 11.8. The molecule has 2 N–H and O–H groups in total. The van der Waals surface area contributed by atoms with Gasteiger partial charge in [0.15, 0.2) is 0 Å². The van der Waals surface area contributed by atoms with Crippen LogP contribution in [0.5, 0.6) is 0 Å². The highest BCUT2D eigenvalue weighted by molar-refractivity contribution is 5.78. The van der Waals surface area contributed by atoms with E-state index < -0.39 is 0 Å². The van der Waals surface area contributed by atoms with Crippen LogP contribution in [0.4, 0.5) is 0 Å². The molecule has 18 heavy (non-hydrogen) atoms. The quantitative estimate of drug-likeness (QED) is 0.763. The molecule has 0 aliphatic rings. The Balaban J connectivity index is 2.43. The Bertz CT molecular complexity index is 384. The Morgan fingerprint density at radius 1 is 1.44 bits per heavy atom. The van der Waals surface area contributed by atoms with E-state index in [9.17, 15) is 4.79 Å². The third-order valence-corrected chi connectivity index (χ3v) is 2.62. The predicted octanol–water partition coefficient (Wildman–Crippen LogP) is 1.08. The van der Waals surface area contributed by atoms with Crippen LogP contribution in [0, 0.1) is 0 Å². The molecule has 0 unspecified atom stereocenters. The van der Waals surface area contributed by atoms with Crippen molar-refractivity contribution in [1.82, 2.24) is 20.4 Å². The minimum atomic E-state index is 0.0308. The van der Waals surface area contributed by atoms with Crippen molar-refractivity contribution in [2.45, 2.75) is 53.2 Å². The number of amides is 1. The first-order valence-electron chi connectivity index (χ1n) is 6.62. The van der Waals surface area contributed by atoms with E-state index in [0.717, 1.165) is 24.4 Å². The monoisotopic (exact) mass is 252 g/mol. The van der Waals surface area contributed by atoms with Gasteiger partial charge in [0.05, 0.1) is 17.9 Å². The zero-order valence-electron chi connectivity index (χ0n) is 11.8. The van der Waals surface area contributed by atoms with E-state index in [-0.39, 0.29) is 11.9 Å². The van der Waals surface area contributed by atoms with Gasteiger partial charge in [-0.15, -0.1) is 0 Å². The molecule has 0 saturated carbocycles. The van der Waals surface area contributed by atoms with Crippen molar-refractivity contribution in [3.8, 4) is 0 Å². The molecule has 5 heteroatoms. The molecular weight excluding hydrogens is 228 g/mol. The average Bonchev–Trinajstić information content (AvgIpc) is 2.70. The highest BCUT2D eigenvalue weighted by Gasteiger charge is 2.07. The molecule has 1 aromatic heterocycles. The third kappa shape index (κ3) is 4.49. The van der Waals surface area contributed by atoms with Crippen LogP contribution in [-0.4, -0.2) is 28.3 Å². The molecule has 0 bridgehead atoms. The molecule has 1 heterocycles. The molecule has 5 nitrogen and oxygen atoms in total. The van der Waals surface area contributed by atoms with Crippen LogP contribution in [0.2, 0.25) is 0 Å². The van der Waals surface area contributed by atoms with Crippen LogP contribution < -0.4 is 10.6 Å². The molecule has 0 radical (unpaired) electrons. The van der Waals surface area contributed by atoms with Gasteiger partial charge in [0, 0.05) is 19.1 Å². The summed E-state index contributed by atoms with van der Waals surface area (Å²) >= 11 is 0. The highest BCUT2D eigenvalue weighted by Crippen LogP contribution is 2.05. The highest BCUT2D eigenvalue weighted by atomic mass is 16.1. The van der Waals surface area contributed by atoms with Gasteiger partial charge < -0.3 is 10.6 Å². The van der Waals surface area contributed by atoms with E-state index >= 15 is 0 Å². The van der Waals surface area contributed by atoms with Crippen LogP contribution >= 0.6 is 0 Å². The molecule has 0 spiro atoms. The number of rotatable bonds is 7. The van der Waals surface area contributed by atoms with Gasteiger partial charge in [-0.25, -0.2) is 0 Å². The fourth-order valence-corrected chi connectivity index (χ4v) is 1.78. The molecule has 0 aromatic carbocycles. The van der Waals surface area contributed by atoms with E-state index in [2.05, 4.69) is 35.6 Å². The molecule has 1 rings (SSSR count). The minimum Gasteiger partial charge on any atom is -0.353 e. The Hall–Kier alpha value is -1.36. The summed E-state index contributed by atoms with van der Waals surface area (Å²) in [6, 6.07) is 2.28. The van der Waals surface area contributed by atoms with Gasteiger partial charge >= 0.3 is 0 Å². The lowest BCUT2D eigenvalue weighted by molar-refractivity contribution is -0.120. The van der Waals surface area contributed by atoms with Crippen molar-refractivity contribution in [3.63, 3.8) is 0 Å². The zero-order chi connectivity index (χ0) is 13.5. The number of aryl methyl sites for hydroxylation is 2. The molecule has 1 aromatic rings. The molecule has 0 aliphatic carbocycles. The molecule has 0 aliphatic heterocycles. The first kappa shape index (κ1) is 14.7. The summed E-state index contributed by atoms with van der Waals surface area (Å²) in [6.45, 7) is 9.95. The molecule has 0 fully saturated rings. The first-order valence-corrected chi connectivity index (χ1v) is 6.62. The predicted molar refractivity (Wildman–Crippen MR) is 72.3 cm³/mol. The van der Waals surface area contributed by atoms with Crippen molar-refractivity contribution in [2.75, 3.05) is 6.54 Å². The third-order valence-electron chi connectivity index (χ3n) is 2.62. The SMILES string of the molecule is CCc1cc(CNCC(=O)NC(C)C)n(CC)n1. The van der Waals surface area contributed by atoms with Gasteiger partial charge in [-0.2, -0.15) is 5.10 Å². The number of nitrogens with zero attached hydrogens (tertiary/aromatic N) is 2. The second-order valence-corrected chi connectivity index (χ2v) is 4.62. The smallest absolute Gasteiger partial charge is 0.234 e. The molecular formula is C13H24N4O. The summed E-state index contributed by atoms with van der Waals surface area (Å²) in [6.07, 6.45) is 0.938. The van der Waals surface area contributed by atoms with Gasteiger partial charge in [0.2, 0.25) is 5.91 Å². The maximum absolute atomic E-state index is 11.5. The maximum Gasteiger partial charge on any atom is 0.234 e. The molecule has 0 saturated heterocycles. The van der Waals surface area contributed by atoms with Gasteiger partial charge in [0.1, 0.15) is 0 Å². The lowest BCUT2D eigenvalue weighted by atomic mass is 10.3. The number of hydrogen-bond donors (Lipinski definition) is 2. The first-order chi connectivity index (χ1) is 8.56. The summed E-state index contributed by atoms with van der Waals surface area (Å²) in [7, 11) is 0. The summed E-state index contributed by atoms with van der Waals surface area (Å²) in [4.78, 5) is 11.5. The van der Waals surface area contributed by atoms with E-state index in [4.69, 9.17) is 0 Å². The van der Waals surface area contributed by atoms with E-state index in [1.54, 1.807) is 0 Å². The lowest BCUT2D eigenvalue weighted by Gasteiger charge is -2.09. The number of nitrogens with one attached hydrogen (secondary N) is 2. The fraction of sp³-hybridized carbons (Fsp3) is 0.692. The Kier molecular flexibility index (Phi) is 5.85. The van der Waals surface area contributed by atoms with E-state index in [0.29, 0.717) is 13.1 Å². The second-order valence-electron chi connectivity index (χ2n) is 4.62. The van der Waals surface area contributed by atoms with Gasteiger partial charge in [-0.05, 0) is 33.3 Å². The average molecular weight is 252 g/mol. The summed E-state index contributed by atoms with van der Waals surface area (Å²) in [5.41, 5.74) is 2.23. The molecule has 102 valence electrons. The number of aromatic nitrogens is 2. The Morgan fingerprint density at radius 2 is 2.17 bits per heavy atom. The van der Waals surface area contributed by atoms with E-state index in [1.165, 1.54) is 0 Å². The Morgan fingerprint density at radius 3 is 2.72 bits per heavy atom. The normalized spacial score (nSPS) is 10.9. The second kappa shape index (κ2) is 7.16. The number of hydrogen-bond acceptors (Lipinski definition) is 3. The van der Waals surface area contributed by atoms with Crippen LogP contribution in [0.1, 0.15) is 39.1 Å². The maximum atomic E-state index is 11.5. The van der Waals surface area contributed by atoms with Gasteiger partial charge in [-0.3, -0.25) is 9.48 Å². The summed E-state index contributed by atoms with van der Waals surface area (Å²) in [5.74, 6) is 0.0308. The van der Waals surface area contributed by atoms with Crippen molar-refractivity contribution in [2.24, 2.45) is 0 Å². The number of carbonyl (C=O) groups excluding carboxylic acids is 1. The minimum absolute atomic E-state index is 0.0308. The van der Waals surface area contributed by atoms with Crippen LogP contribution in [0.3, 0.4) is 0 Å². The van der Waals surface area contributed by atoms with Crippen molar-refractivity contribution >= 4 is 5.91 Å². The number of carbonyl (C=O) groups is 1. The summed E-state index contributed by atoms with van der Waals surface area (Å²) < 4.78 is 1.98. The fourth-order valence-electron chi connectivity index (χ4n) is 1.78. The van der Waals surface area contributed by atoms with Crippen LogP contribution in [0.15, 0.2) is 6.07 Å². The largest absolute Gasteiger partial charge is 0.353 e. The standard InChI is InChI=1S/C13H24N4O/c1-5-11-7-12(17(6-2)16-11)8-14-9-13(18)15-10(3)4/h7,10,14H,5-6,8-9H2,1-4H3,(H,15,18). The van der Waals surface area contributed by atoms with Crippen molar-refractivity contribution in [1.29, 1.82) is 0 Å². The van der Waals surface area contributed by atoms with Crippen LogP contribution in [-0.2, 0) is 24.3 Å². The van der Waals surface area contributed by atoms with Crippen molar-refractivity contribution < 1.29 is 4.79 Å². The van der Waals surface area contributed by atoms with Crippen LogP contribution in [0.25, 0.3) is 0 Å².